The van der Waals surface area contributed by atoms with E-state index in [9.17, 15) is 4.79 Å². The lowest BCUT2D eigenvalue weighted by molar-refractivity contribution is -0.130. The Balaban J connectivity index is 1.41. The fourth-order valence-corrected chi connectivity index (χ4v) is 5.04. The van der Waals surface area contributed by atoms with Crippen LogP contribution in [-0.2, 0) is 22.5 Å². The third-order valence-corrected chi connectivity index (χ3v) is 6.14. The molecule has 1 N–H and O–H groups in total. The summed E-state index contributed by atoms with van der Waals surface area (Å²) in [5.74, 6) is 2.93. The number of ether oxygens (including phenoxy) is 1. The first-order valence-corrected chi connectivity index (χ1v) is 9.19. The van der Waals surface area contributed by atoms with Crippen molar-refractivity contribution in [1.82, 2.24) is 14.9 Å². The van der Waals surface area contributed by atoms with E-state index in [4.69, 9.17) is 4.74 Å². The van der Waals surface area contributed by atoms with Crippen LogP contribution < -0.4 is 5.32 Å². The van der Waals surface area contributed by atoms with Crippen molar-refractivity contribution in [2.75, 3.05) is 6.61 Å². The largest absolute Gasteiger partial charge is 0.377 e. The molecule has 3 aliphatic rings. The second-order valence-electron chi connectivity index (χ2n) is 7.33. The molecule has 126 valence electrons. The van der Waals surface area contributed by atoms with Gasteiger partial charge in [0, 0.05) is 43.3 Å². The number of amides is 1. The zero-order valence-electron chi connectivity index (χ0n) is 13.9. The summed E-state index contributed by atoms with van der Waals surface area (Å²) in [6.07, 6.45) is 11.3. The molecule has 1 saturated heterocycles. The zero-order chi connectivity index (χ0) is 15.8. The Morgan fingerprint density at radius 1 is 1.39 bits per heavy atom. The fraction of sp³-hybridized carbons (Fsp3) is 0.778. The number of hydrogen-bond donors (Lipinski definition) is 1. The molecule has 2 aliphatic carbocycles. The number of nitrogens with one attached hydrogen (secondary N) is 1. The van der Waals surface area contributed by atoms with Gasteiger partial charge in [-0.15, -0.1) is 0 Å². The summed E-state index contributed by atoms with van der Waals surface area (Å²) in [5.41, 5.74) is 0. The molecule has 1 amide bonds. The maximum Gasteiger partial charge on any atom is 0.240 e. The molecule has 0 spiro atoms. The number of fused-ring (bicyclic) bond motifs is 1. The summed E-state index contributed by atoms with van der Waals surface area (Å²) in [5, 5.41) is 3.34. The van der Waals surface area contributed by atoms with E-state index in [-0.39, 0.29) is 5.91 Å². The van der Waals surface area contributed by atoms with Crippen molar-refractivity contribution in [1.29, 1.82) is 0 Å². The van der Waals surface area contributed by atoms with Crippen LogP contribution in [0, 0.1) is 17.8 Å². The minimum Gasteiger partial charge on any atom is -0.377 e. The smallest absolute Gasteiger partial charge is 0.240 e. The number of nitrogens with zero attached hydrogens (tertiary/aromatic N) is 2. The third-order valence-electron chi connectivity index (χ3n) is 6.14. The molecule has 1 aromatic rings. The normalized spacial score (nSPS) is 33.4. The third kappa shape index (κ3) is 2.69. The van der Waals surface area contributed by atoms with Gasteiger partial charge in [0.2, 0.25) is 5.91 Å². The van der Waals surface area contributed by atoms with Crippen LogP contribution >= 0.6 is 0 Å². The van der Waals surface area contributed by atoms with E-state index in [0.717, 1.165) is 31.2 Å². The molecule has 0 radical (unpaired) electrons. The molecular weight excluding hydrogens is 290 g/mol. The molecule has 0 bridgehead atoms. The van der Waals surface area contributed by atoms with Crippen LogP contribution in [-0.4, -0.2) is 34.2 Å². The predicted octanol–water partition coefficient (Wildman–Crippen LogP) is 2.16. The van der Waals surface area contributed by atoms with E-state index in [2.05, 4.69) is 17.2 Å². The molecule has 5 heteroatoms. The monoisotopic (exact) mass is 317 g/mol. The molecule has 23 heavy (non-hydrogen) atoms. The van der Waals surface area contributed by atoms with Crippen LogP contribution in [0.3, 0.4) is 0 Å². The second-order valence-corrected chi connectivity index (χ2v) is 7.33. The molecule has 1 aliphatic heterocycles. The topological polar surface area (TPSA) is 56.2 Å². The number of carbonyl (C=O) groups is 1. The molecule has 2 heterocycles. The number of carbonyl (C=O) groups excluding carboxylic acids is 1. The number of aryl methyl sites for hydroxylation is 1. The van der Waals surface area contributed by atoms with Gasteiger partial charge >= 0.3 is 0 Å². The number of imidazole rings is 1. The summed E-state index contributed by atoms with van der Waals surface area (Å²) in [7, 11) is 0. The molecule has 1 aromatic heterocycles. The standard InChI is InChI=1S/C18H27N3O2/c1-2-14-19-8-9-21(14)11-15(22)20-17-13-7-10-23-18(13)16(17)12-5-3-4-6-12/h8-9,12-13,16-18H,2-7,10-11H2,1H3,(H,20,22)/t13-,16+,17+,18-/m1/s1. The van der Waals surface area contributed by atoms with Gasteiger partial charge in [-0.2, -0.15) is 0 Å². The fourth-order valence-electron chi connectivity index (χ4n) is 5.04. The Labute approximate surface area is 137 Å². The van der Waals surface area contributed by atoms with Crippen LogP contribution in [0.25, 0.3) is 0 Å². The van der Waals surface area contributed by atoms with Crippen LogP contribution in [0.4, 0.5) is 0 Å². The highest BCUT2D eigenvalue weighted by molar-refractivity contribution is 5.76. The molecule has 4 atom stereocenters. The van der Waals surface area contributed by atoms with E-state index in [0.29, 0.717) is 30.5 Å². The Bertz CT molecular complexity index is 560. The molecular formula is C18H27N3O2. The predicted molar refractivity (Wildman–Crippen MR) is 86.8 cm³/mol. The number of aromatic nitrogens is 2. The lowest BCUT2D eigenvalue weighted by atomic mass is 9.61. The Morgan fingerprint density at radius 3 is 3.00 bits per heavy atom. The van der Waals surface area contributed by atoms with Crippen molar-refractivity contribution in [3.8, 4) is 0 Å². The van der Waals surface area contributed by atoms with Crippen LogP contribution in [0.2, 0.25) is 0 Å². The molecule has 0 aromatic carbocycles. The van der Waals surface area contributed by atoms with Gasteiger partial charge in [-0.25, -0.2) is 4.98 Å². The number of rotatable bonds is 5. The Hall–Kier alpha value is -1.36. The highest BCUT2D eigenvalue weighted by Gasteiger charge is 2.56. The van der Waals surface area contributed by atoms with Crippen molar-refractivity contribution in [2.45, 2.75) is 64.1 Å². The van der Waals surface area contributed by atoms with E-state index in [1.165, 1.54) is 25.7 Å². The maximum absolute atomic E-state index is 12.5. The summed E-state index contributed by atoms with van der Waals surface area (Å²) in [6.45, 7) is 3.32. The van der Waals surface area contributed by atoms with Crippen LogP contribution in [0.15, 0.2) is 12.4 Å². The van der Waals surface area contributed by atoms with Gasteiger partial charge in [-0.05, 0) is 12.3 Å². The van der Waals surface area contributed by atoms with Gasteiger partial charge in [0.15, 0.2) is 0 Å². The first-order valence-electron chi connectivity index (χ1n) is 9.19. The molecule has 2 saturated carbocycles. The Morgan fingerprint density at radius 2 is 2.22 bits per heavy atom. The quantitative estimate of drug-likeness (QED) is 0.905. The van der Waals surface area contributed by atoms with Crippen molar-refractivity contribution in [2.24, 2.45) is 17.8 Å². The van der Waals surface area contributed by atoms with Crippen LogP contribution in [0.5, 0.6) is 0 Å². The lowest BCUT2D eigenvalue weighted by Gasteiger charge is -2.50. The Kier molecular flexibility index (Phi) is 4.14. The molecule has 3 fully saturated rings. The molecule has 5 nitrogen and oxygen atoms in total. The maximum atomic E-state index is 12.5. The van der Waals surface area contributed by atoms with E-state index >= 15 is 0 Å². The average molecular weight is 317 g/mol. The molecule has 4 rings (SSSR count). The zero-order valence-corrected chi connectivity index (χ0v) is 13.9. The first-order chi connectivity index (χ1) is 11.3. The summed E-state index contributed by atoms with van der Waals surface area (Å²) in [4.78, 5) is 16.8. The van der Waals surface area contributed by atoms with Gasteiger partial charge in [0.25, 0.3) is 0 Å². The van der Waals surface area contributed by atoms with Crippen molar-refractivity contribution >= 4 is 5.91 Å². The molecule has 0 unspecified atom stereocenters. The minimum atomic E-state index is 0.121. The van der Waals surface area contributed by atoms with Crippen molar-refractivity contribution < 1.29 is 9.53 Å². The van der Waals surface area contributed by atoms with Gasteiger partial charge in [0.1, 0.15) is 12.4 Å². The summed E-state index contributed by atoms with van der Waals surface area (Å²) < 4.78 is 7.92. The average Bonchev–Trinajstić information content (AvgIpc) is 3.26. The minimum absolute atomic E-state index is 0.121. The van der Waals surface area contributed by atoms with Crippen molar-refractivity contribution in [3.63, 3.8) is 0 Å². The van der Waals surface area contributed by atoms with Gasteiger partial charge in [-0.1, -0.05) is 32.6 Å². The van der Waals surface area contributed by atoms with E-state index in [1.807, 2.05) is 10.8 Å². The van der Waals surface area contributed by atoms with Crippen molar-refractivity contribution in [3.05, 3.63) is 18.2 Å². The van der Waals surface area contributed by atoms with Gasteiger partial charge < -0.3 is 14.6 Å². The summed E-state index contributed by atoms with van der Waals surface area (Å²) >= 11 is 0. The second kappa shape index (κ2) is 6.27. The highest BCUT2D eigenvalue weighted by atomic mass is 16.5. The van der Waals surface area contributed by atoms with Gasteiger partial charge in [0.05, 0.1) is 6.10 Å². The van der Waals surface area contributed by atoms with E-state index < -0.39 is 0 Å². The van der Waals surface area contributed by atoms with Crippen LogP contribution in [0.1, 0.15) is 44.9 Å². The number of hydrogen-bond acceptors (Lipinski definition) is 3. The SMILES string of the molecule is CCc1nccn1CC(=O)N[C@H]1[C@H]2CCO[C@H]2[C@H]1C1CCCC1. The summed E-state index contributed by atoms with van der Waals surface area (Å²) in [6, 6.07) is 0.326. The highest BCUT2D eigenvalue weighted by Crippen LogP contribution is 2.51. The first kappa shape index (κ1) is 15.2. The lowest BCUT2D eigenvalue weighted by Crippen LogP contribution is -2.63. The van der Waals surface area contributed by atoms with Gasteiger partial charge in [-0.3, -0.25) is 4.79 Å². The van der Waals surface area contributed by atoms with E-state index in [1.54, 1.807) is 6.20 Å².